The largest absolute Gasteiger partial charge is 0.359 e. The van der Waals surface area contributed by atoms with Gasteiger partial charge in [0.1, 0.15) is 0 Å². The van der Waals surface area contributed by atoms with Crippen molar-refractivity contribution in [3.8, 4) is 0 Å². The Kier molecular flexibility index (Phi) is 3.21. The van der Waals surface area contributed by atoms with Crippen LogP contribution in [0.1, 0.15) is 26.8 Å². The minimum absolute atomic E-state index is 0.0632. The molecule has 0 aliphatic heterocycles. The second-order valence-electron chi connectivity index (χ2n) is 4.71. The zero-order chi connectivity index (χ0) is 14.3. The molecule has 0 unspecified atom stereocenters. The van der Waals surface area contributed by atoms with Crippen molar-refractivity contribution in [3.05, 3.63) is 20.8 Å². The predicted octanol–water partition coefficient (Wildman–Crippen LogP) is 0.539. The van der Waals surface area contributed by atoms with Crippen molar-refractivity contribution in [2.75, 3.05) is 12.4 Å². The van der Waals surface area contributed by atoms with Crippen LogP contribution in [0.4, 0.5) is 5.95 Å². The molecule has 7 nitrogen and oxygen atoms in total. The lowest BCUT2D eigenvalue weighted by Gasteiger charge is -2.12. The van der Waals surface area contributed by atoms with E-state index in [1.165, 1.54) is 7.05 Å². The highest BCUT2D eigenvalue weighted by Crippen LogP contribution is 2.17. The predicted molar refractivity (Wildman–Crippen MR) is 74.8 cm³/mol. The topological polar surface area (TPSA) is 73.8 Å². The molecular weight excluding hydrogens is 246 g/mol. The van der Waals surface area contributed by atoms with Gasteiger partial charge in [0.15, 0.2) is 11.2 Å². The molecule has 0 fully saturated rings. The average Bonchev–Trinajstić information content (AvgIpc) is 2.74. The molecule has 104 valence electrons. The van der Waals surface area contributed by atoms with Crippen LogP contribution in [0.2, 0.25) is 0 Å². The van der Waals surface area contributed by atoms with Gasteiger partial charge < -0.3 is 9.88 Å². The van der Waals surface area contributed by atoms with Gasteiger partial charge in [-0.2, -0.15) is 4.98 Å². The zero-order valence-corrected chi connectivity index (χ0v) is 11.9. The van der Waals surface area contributed by atoms with Crippen molar-refractivity contribution < 1.29 is 0 Å². The highest BCUT2D eigenvalue weighted by Gasteiger charge is 2.20. The molecule has 2 aromatic heterocycles. The number of hydrogen-bond acceptors (Lipinski definition) is 4. The molecular formula is C12H19N5O2. The lowest BCUT2D eigenvalue weighted by atomic mass is 10.3. The highest BCUT2D eigenvalue weighted by molar-refractivity contribution is 5.74. The Hall–Kier alpha value is -2.05. The second-order valence-corrected chi connectivity index (χ2v) is 4.71. The van der Waals surface area contributed by atoms with Crippen LogP contribution in [0, 0.1) is 0 Å². The van der Waals surface area contributed by atoms with Gasteiger partial charge in [0, 0.05) is 26.7 Å². The number of rotatable bonds is 3. The lowest BCUT2D eigenvalue weighted by Crippen LogP contribution is -2.39. The van der Waals surface area contributed by atoms with E-state index >= 15 is 0 Å². The molecule has 1 N–H and O–H groups in total. The van der Waals surface area contributed by atoms with E-state index in [1.807, 2.05) is 20.8 Å². The summed E-state index contributed by atoms with van der Waals surface area (Å²) in [6.45, 7) is 6.34. The number of fused-ring (bicyclic) bond motifs is 1. The van der Waals surface area contributed by atoms with Crippen molar-refractivity contribution >= 4 is 17.1 Å². The Morgan fingerprint density at radius 2 is 1.95 bits per heavy atom. The van der Waals surface area contributed by atoms with E-state index < -0.39 is 0 Å². The Morgan fingerprint density at radius 3 is 2.42 bits per heavy atom. The van der Waals surface area contributed by atoms with Crippen LogP contribution in [0.25, 0.3) is 11.2 Å². The Bertz CT molecular complexity index is 735. The number of aryl methyl sites for hydroxylation is 1. The quantitative estimate of drug-likeness (QED) is 0.879. The maximum atomic E-state index is 12.3. The van der Waals surface area contributed by atoms with E-state index in [4.69, 9.17) is 0 Å². The normalized spacial score (nSPS) is 11.5. The van der Waals surface area contributed by atoms with Gasteiger partial charge in [0.2, 0.25) is 5.95 Å². The van der Waals surface area contributed by atoms with Crippen molar-refractivity contribution in [1.82, 2.24) is 18.7 Å². The lowest BCUT2D eigenvalue weighted by molar-refractivity contribution is 0.551. The first-order valence-corrected chi connectivity index (χ1v) is 6.33. The Morgan fingerprint density at radius 1 is 1.32 bits per heavy atom. The first-order valence-electron chi connectivity index (χ1n) is 6.33. The van der Waals surface area contributed by atoms with Gasteiger partial charge in [-0.3, -0.25) is 13.9 Å². The molecule has 0 radical (unpaired) electrons. The summed E-state index contributed by atoms with van der Waals surface area (Å²) in [5, 5.41) is 2.96. The standard InChI is InChI=1S/C12H19N5O2/c1-6-16-8-9(14-11(16)13-4)17(7(2)3)12(19)15(5)10(8)18/h7H,6H2,1-5H3,(H,13,14). The van der Waals surface area contributed by atoms with Crippen molar-refractivity contribution in [1.29, 1.82) is 0 Å². The van der Waals surface area contributed by atoms with E-state index in [0.29, 0.717) is 23.7 Å². The summed E-state index contributed by atoms with van der Waals surface area (Å²) in [5.41, 5.74) is 0.251. The van der Waals surface area contributed by atoms with Crippen LogP contribution < -0.4 is 16.6 Å². The molecule has 0 aromatic carbocycles. The number of aromatic nitrogens is 4. The fourth-order valence-corrected chi connectivity index (χ4v) is 2.28. The molecule has 0 amide bonds. The molecule has 2 heterocycles. The third-order valence-electron chi connectivity index (χ3n) is 3.23. The molecule has 0 atom stereocenters. The molecule has 0 saturated carbocycles. The van der Waals surface area contributed by atoms with E-state index in [1.54, 1.807) is 16.2 Å². The van der Waals surface area contributed by atoms with Gasteiger partial charge in [0.05, 0.1) is 0 Å². The number of hydrogen-bond donors (Lipinski definition) is 1. The van der Waals surface area contributed by atoms with Crippen LogP contribution in [-0.2, 0) is 13.6 Å². The van der Waals surface area contributed by atoms with Crippen molar-refractivity contribution in [2.24, 2.45) is 7.05 Å². The third-order valence-corrected chi connectivity index (χ3v) is 3.23. The van der Waals surface area contributed by atoms with E-state index in [9.17, 15) is 9.59 Å². The first-order chi connectivity index (χ1) is 8.93. The summed E-state index contributed by atoms with van der Waals surface area (Å²) < 4.78 is 4.47. The number of anilines is 1. The monoisotopic (exact) mass is 265 g/mol. The maximum absolute atomic E-state index is 12.3. The van der Waals surface area contributed by atoms with Crippen molar-refractivity contribution in [3.63, 3.8) is 0 Å². The summed E-state index contributed by atoms with van der Waals surface area (Å²) in [4.78, 5) is 28.9. The van der Waals surface area contributed by atoms with Crippen LogP contribution in [0.3, 0.4) is 0 Å². The van der Waals surface area contributed by atoms with Gasteiger partial charge in [0.25, 0.3) is 5.56 Å². The minimum Gasteiger partial charge on any atom is -0.359 e. The Balaban J connectivity index is 3.09. The molecule has 2 aromatic rings. The van der Waals surface area contributed by atoms with E-state index in [2.05, 4.69) is 10.3 Å². The van der Waals surface area contributed by atoms with Crippen LogP contribution >= 0.6 is 0 Å². The molecule has 0 aliphatic carbocycles. The summed E-state index contributed by atoms with van der Waals surface area (Å²) in [7, 11) is 3.24. The molecule has 0 spiro atoms. The third kappa shape index (κ3) is 1.76. The van der Waals surface area contributed by atoms with Crippen LogP contribution in [0.5, 0.6) is 0 Å². The van der Waals surface area contributed by atoms with Gasteiger partial charge in [-0.15, -0.1) is 0 Å². The summed E-state index contributed by atoms with van der Waals surface area (Å²) in [5.74, 6) is 0.592. The van der Waals surface area contributed by atoms with Gasteiger partial charge in [-0.25, -0.2) is 4.79 Å². The van der Waals surface area contributed by atoms with Crippen molar-refractivity contribution in [2.45, 2.75) is 33.4 Å². The zero-order valence-electron chi connectivity index (χ0n) is 11.9. The summed E-state index contributed by atoms with van der Waals surface area (Å²) in [6, 6.07) is -0.0632. The SMILES string of the molecule is CCn1c(NC)nc2c1c(=O)n(C)c(=O)n2C(C)C. The fraction of sp³-hybridized carbons (Fsp3) is 0.583. The Labute approximate surface area is 110 Å². The number of imidazole rings is 1. The van der Waals surface area contributed by atoms with Gasteiger partial charge in [-0.1, -0.05) is 0 Å². The number of nitrogens with zero attached hydrogens (tertiary/aromatic N) is 4. The van der Waals surface area contributed by atoms with E-state index in [0.717, 1.165) is 4.57 Å². The first kappa shape index (κ1) is 13.4. The average molecular weight is 265 g/mol. The molecule has 0 saturated heterocycles. The molecule has 2 rings (SSSR count). The molecule has 19 heavy (non-hydrogen) atoms. The fourth-order valence-electron chi connectivity index (χ4n) is 2.28. The molecule has 0 aliphatic rings. The van der Waals surface area contributed by atoms with Gasteiger partial charge in [-0.05, 0) is 20.8 Å². The maximum Gasteiger partial charge on any atom is 0.332 e. The van der Waals surface area contributed by atoms with Crippen LogP contribution in [0.15, 0.2) is 9.59 Å². The van der Waals surface area contributed by atoms with E-state index in [-0.39, 0.29) is 17.3 Å². The van der Waals surface area contributed by atoms with Crippen LogP contribution in [-0.4, -0.2) is 25.7 Å². The summed E-state index contributed by atoms with van der Waals surface area (Å²) in [6.07, 6.45) is 0. The second kappa shape index (κ2) is 4.56. The summed E-state index contributed by atoms with van der Waals surface area (Å²) >= 11 is 0. The number of nitrogens with one attached hydrogen (secondary N) is 1. The molecule has 7 heteroatoms. The highest BCUT2D eigenvalue weighted by atomic mass is 16.2. The molecule has 0 bridgehead atoms. The smallest absolute Gasteiger partial charge is 0.332 e. The van der Waals surface area contributed by atoms with Gasteiger partial charge >= 0.3 is 5.69 Å². The minimum atomic E-state index is -0.337.